The Balaban J connectivity index is 1.80. The summed E-state index contributed by atoms with van der Waals surface area (Å²) in [6, 6.07) is -0.499. The summed E-state index contributed by atoms with van der Waals surface area (Å²) >= 11 is 0. The van der Waals surface area contributed by atoms with Crippen LogP contribution in [0.15, 0.2) is 0 Å². The second-order valence-electron chi connectivity index (χ2n) is 6.38. The number of amides is 1. The Bertz CT molecular complexity index is 461. The number of sulfonamides is 1. The minimum Gasteiger partial charge on any atom is -0.355 e. The number of carbonyl (C=O) groups is 1. The lowest BCUT2D eigenvalue weighted by molar-refractivity contribution is -0.124. The minimum absolute atomic E-state index is 0.124. The van der Waals surface area contributed by atoms with Crippen LogP contribution in [0.1, 0.15) is 45.4 Å². The third kappa shape index (κ3) is 4.67. The average Bonchev–Trinajstić information content (AvgIpc) is 2.98. The Hall–Kier alpha value is -0.660. The molecule has 0 radical (unpaired) electrons. The van der Waals surface area contributed by atoms with Gasteiger partial charge >= 0.3 is 0 Å². The summed E-state index contributed by atoms with van der Waals surface area (Å²) in [6.45, 7) is 5.09. The van der Waals surface area contributed by atoms with Crippen molar-refractivity contribution in [3.05, 3.63) is 0 Å². The topological polar surface area (TPSA) is 78.5 Å². The SMILES string of the molecule is CCCS(=O)(=O)N1CCCC1C(=O)NCCC1CCCNC1. The summed E-state index contributed by atoms with van der Waals surface area (Å²) in [5.41, 5.74) is 0. The second-order valence-corrected chi connectivity index (χ2v) is 8.42. The molecule has 6 nitrogen and oxygen atoms in total. The standard InChI is InChI=1S/C15H29N3O3S/c1-2-11-22(20,21)18-10-4-6-14(18)15(19)17-9-7-13-5-3-8-16-12-13/h13-14,16H,2-12H2,1H3,(H,17,19). The zero-order valence-electron chi connectivity index (χ0n) is 13.5. The highest BCUT2D eigenvalue weighted by Crippen LogP contribution is 2.22. The lowest BCUT2D eigenvalue weighted by Crippen LogP contribution is -2.47. The Morgan fingerprint density at radius 1 is 1.32 bits per heavy atom. The molecule has 0 aliphatic carbocycles. The molecule has 0 saturated carbocycles. The molecule has 2 N–H and O–H groups in total. The van der Waals surface area contributed by atoms with E-state index in [1.807, 2.05) is 6.92 Å². The van der Waals surface area contributed by atoms with Crippen LogP contribution < -0.4 is 10.6 Å². The van der Waals surface area contributed by atoms with Crippen LogP contribution in [0.4, 0.5) is 0 Å². The van der Waals surface area contributed by atoms with Crippen LogP contribution in [-0.4, -0.2) is 56.6 Å². The smallest absolute Gasteiger partial charge is 0.238 e. The van der Waals surface area contributed by atoms with Gasteiger partial charge in [-0.15, -0.1) is 0 Å². The first-order valence-corrected chi connectivity index (χ1v) is 10.1. The third-order valence-corrected chi connectivity index (χ3v) is 6.65. The van der Waals surface area contributed by atoms with Gasteiger partial charge in [0.25, 0.3) is 0 Å². The van der Waals surface area contributed by atoms with E-state index < -0.39 is 16.1 Å². The maximum Gasteiger partial charge on any atom is 0.238 e. The van der Waals surface area contributed by atoms with Crippen molar-refractivity contribution in [2.75, 3.05) is 31.9 Å². The molecule has 2 atom stereocenters. The van der Waals surface area contributed by atoms with Crippen molar-refractivity contribution in [2.24, 2.45) is 5.92 Å². The molecule has 2 fully saturated rings. The van der Waals surface area contributed by atoms with E-state index in [-0.39, 0.29) is 11.7 Å². The number of piperidine rings is 1. The van der Waals surface area contributed by atoms with Crippen molar-refractivity contribution in [1.82, 2.24) is 14.9 Å². The molecule has 2 aliphatic rings. The summed E-state index contributed by atoms with van der Waals surface area (Å²) < 4.78 is 25.8. The fourth-order valence-corrected chi connectivity index (χ4v) is 5.14. The zero-order valence-corrected chi connectivity index (χ0v) is 14.3. The monoisotopic (exact) mass is 331 g/mol. The highest BCUT2D eigenvalue weighted by molar-refractivity contribution is 7.89. The average molecular weight is 331 g/mol. The number of nitrogens with one attached hydrogen (secondary N) is 2. The van der Waals surface area contributed by atoms with E-state index in [0.29, 0.717) is 31.8 Å². The summed E-state index contributed by atoms with van der Waals surface area (Å²) in [5, 5.41) is 6.31. The van der Waals surface area contributed by atoms with Gasteiger partial charge in [0.2, 0.25) is 15.9 Å². The van der Waals surface area contributed by atoms with E-state index in [9.17, 15) is 13.2 Å². The molecule has 0 aromatic rings. The minimum atomic E-state index is -3.29. The van der Waals surface area contributed by atoms with Gasteiger partial charge in [0.1, 0.15) is 6.04 Å². The van der Waals surface area contributed by atoms with Crippen molar-refractivity contribution in [2.45, 2.75) is 51.5 Å². The van der Waals surface area contributed by atoms with Gasteiger partial charge in [-0.25, -0.2) is 8.42 Å². The Morgan fingerprint density at radius 2 is 2.14 bits per heavy atom. The Labute approximate surface area is 134 Å². The van der Waals surface area contributed by atoms with Crippen LogP contribution in [0.5, 0.6) is 0 Å². The van der Waals surface area contributed by atoms with Gasteiger partial charge in [0.15, 0.2) is 0 Å². The fourth-order valence-electron chi connectivity index (χ4n) is 3.40. The molecule has 2 saturated heterocycles. The molecule has 2 rings (SSSR count). The summed E-state index contributed by atoms with van der Waals surface area (Å²) in [5.74, 6) is 0.628. The zero-order chi connectivity index (χ0) is 16.0. The van der Waals surface area contributed by atoms with Gasteiger partial charge in [-0.1, -0.05) is 6.92 Å². The van der Waals surface area contributed by atoms with E-state index in [2.05, 4.69) is 10.6 Å². The van der Waals surface area contributed by atoms with Crippen molar-refractivity contribution in [1.29, 1.82) is 0 Å². The van der Waals surface area contributed by atoms with Gasteiger partial charge < -0.3 is 10.6 Å². The van der Waals surface area contributed by atoms with Crippen LogP contribution in [0.25, 0.3) is 0 Å². The fraction of sp³-hybridized carbons (Fsp3) is 0.933. The van der Waals surface area contributed by atoms with E-state index in [1.165, 1.54) is 17.1 Å². The predicted octanol–water partition coefficient (Wildman–Crippen LogP) is 0.697. The van der Waals surface area contributed by atoms with Crippen LogP contribution in [-0.2, 0) is 14.8 Å². The maximum atomic E-state index is 12.3. The molecule has 7 heteroatoms. The molecule has 0 aromatic heterocycles. The van der Waals surface area contributed by atoms with E-state index in [1.54, 1.807) is 0 Å². The number of hydrogen-bond acceptors (Lipinski definition) is 4. The van der Waals surface area contributed by atoms with Crippen LogP contribution in [0.3, 0.4) is 0 Å². The number of nitrogens with zero attached hydrogens (tertiary/aromatic N) is 1. The first-order chi connectivity index (χ1) is 10.5. The molecule has 0 bridgehead atoms. The molecule has 0 aromatic carbocycles. The molecule has 2 heterocycles. The van der Waals surface area contributed by atoms with Crippen molar-refractivity contribution >= 4 is 15.9 Å². The summed E-state index contributed by atoms with van der Waals surface area (Å²) in [4.78, 5) is 12.3. The van der Waals surface area contributed by atoms with Gasteiger partial charge in [0, 0.05) is 13.1 Å². The van der Waals surface area contributed by atoms with Crippen molar-refractivity contribution in [3.8, 4) is 0 Å². The van der Waals surface area contributed by atoms with E-state index in [4.69, 9.17) is 0 Å². The highest BCUT2D eigenvalue weighted by atomic mass is 32.2. The van der Waals surface area contributed by atoms with E-state index >= 15 is 0 Å². The quantitative estimate of drug-likeness (QED) is 0.720. The lowest BCUT2D eigenvalue weighted by Gasteiger charge is -2.25. The van der Waals surface area contributed by atoms with Crippen LogP contribution in [0.2, 0.25) is 0 Å². The predicted molar refractivity (Wildman–Crippen MR) is 87.0 cm³/mol. The first-order valence-electron chi connectivity index (χ1n) is 8.52. The molecule has 2 unspecified atom stereocenters. The van der Waals surface area contributed by atoms with Crippen LogP contribution >= 0.6 is 0 Å². The number of rotatable bonds is 7. The number of hydrogen-bond donors (Lipinski definition) is 2. The van der Waals surface area contributed by atoms with Crippen molar-refractivity contribution in [3.63, 3.8) is 0 Å². The molecule has 128 valence electrons. The van der Waals surface area contributed by atoms with Gasteiger partial charge in [0.05, 0.1) is 5.75 Å². The molecular formula is C15H29N3O3S. The largest absolute Gasteiger partial charge is 0.355 e. The molecule has 22 heavy (non-hydrogen) atoms. The molecular weight excluding hydrogens is 302 g/mol. The second kappa shape index (κ2) is 8.26. The summed E-state index contributed by atoms with van der Waals surface area (Å²) in [7, 11) is -3.29. The first kappa shape index (κ1) is 17.7. The Morgan fingerprint density at radius 3 is 2.82 bits per heavy atom. The van der Waals surface area contributed by atoms with Crippen molar-refractivity contribution < 1.29 is 13.2 Å². The van der Waals surface area contributed by atoms with Gasteiger partial charge in [-0.05, 0) is 57.5 Å². The highest BCUT2D eigenvalue weighted by Gasteiger charge is 2.37. The number of carbonyl (C=O) groups excluding carboxylic acids is 1. The van der Waals surface area contributed by atoms with Gasteiger partial charge in [-0.3, -0.25) is 4.79 Å². The maximum absolute atomic E-state index is 12.3. The molecule has 2 aliphatic heterocycles. The Kier molecular flexibility index (Phi) is 6.65. The normalized spacial score (nSPS) is 27.0. The van der Waals surface area contributed by atoms with E-state index in [0.717, 1.165) is 25.9 Å². The lowest BCUT2D eigenvalue weighted by atomic mass is 9.96. The third-order valence-electron chi connectivity index (χ3n) is 4.58. The van der Waals surface area contributed by atoms with Crippen LogP contribution in [0, 0.1) is 5.92 Å². The summed E-state index contributed by atoms with van der Waals surface area (Å²) in [6.07, 6.45) is 5.37. The van der Waals surface area contributed by atoms with Gasteiger partial charge in [-0.2, -0.15) is 4.31 Å². The molecule has 1 amide bonds. The molecule has 0 spiro atoms.